The number of nitrogen functional groups attached to an aromatic ring is 1. The summed E-state index contributed by atoms with van der Waals surface area (Å²) in [7, 11) is 0. The molecule has 6 heteroatoms. The van der Waals surface area contributed by atoms with E-state index in [4.69, 9.17) is 15.6 Å². The van der Waals surface area contributed by atoms with Gasteiger partial charge in [-0.05, 0) is 58.0 Å². The van der Waals surface area contributed by atoms with Gasteiger partial charge in [-0.1, -0.05) is 0 Å². The van der Waals surface area contributed by atoms with Gasteiger partial charge in [-0.15, -0.1) is 0 Å². The van der Waals surface area contributed by atoms with Crippen LogP contribution in [-0.4, -0.2) is 47.5 Å². The van der Waals surface area contributed by atoms with Crippen LogP contribution in [0.1, 0.15) is 43.5 Å². The molecule has 0 unspecified atom stereocenters. The number of benzene rings is 1. The molecule has 3 N–H and O–H groups in total. The number of nitrogens with two attached hydrogens (primary N) is 1. The minimum absolute atomic E-state index is 0.0302. The number of carbonyl (C=O) groups is 2. The second kappa shape index (κ2) is 8.15. The molecule has 0 spiro atoms. The third kappa shape index (κ3) is 4.96. The van der Waals surface area contributed by atoms with Gasteiger partial charge >= 0.3 is 5.97 Å². The number of carbonyl (C=O) groups excluding carboxylic acids is 1. The lowest BCUT2D eigenvalue weighted by Gasteiger charge is -2.29. The predicted molar refractivity (Wildman–Crippen MR) is 92.4 cm³/mol. The van der Waals surface area contributed by atoms with Crippen molar-refractivity contribution in [2.75, 3.05) is 25.4 Å². The largest absolute Gasteiger partial charge is 0.489 e. The zero-order valence-electron chi connectivity index (χ0n) is 14.3. The van der Waals surface area contributed by atoms with E-state index in [1.54, 1.807) is 18.2 Å². The number of rotatable bonds is 7. The average molecular weight is 334 g/mol. The summed E-state index contributed by atoms with van der Waals surface area (Å²) in [5.74, 6) is -0.328. The van der Waals surface area contributed by atoms with E-state index in [2.05, 4.69) is 4.90 Å². The highest BCUT2D eigenvalue weighted by Gasteiger charge is 2.24. The summed E-state index contributed by atoms with van der Waals surface area (Å²) >= 11 is 0. The molecule has 0 aromatic heterocycles. The number of nitrogens with zero attached hydrogens (tertiary/aromatic N) is 1. The molecule has 132 valence electrons. The maximum Gasteiger partial charge on any atom is 0.306 e. The molecular weight excluding hydrogens is 308 g/mol. The second-order valence-corrected chi connectivity index (χ2v) is 6.55. The van der Waals surface area contributed by atoms with Crippen molar-refractivity contribution in [1.29, 1.82) is 0 Å². The lowest BCUT2D eigenvalue weighted by atomic mass is 9.97. The predicted octanol–water partition coefficient (Wildman–Crippen LogP) is 2.43. The first kappa shape index (κ1) is 18.3. The Morgan fingerprint density at radius 2 is 2.00 bits per heavy atom. The molecule has 0 atom stereocenters. The molecule has 1 aromatic rings. The number of aliphatic carboxylic acids is 1. The van der Waals surface area contributed by atoms with Crippen LogP contribution >= 0.6 is 0 Å². The Balaban J connectivity index is 1.85. The maximum absolute atomic E-state index is 12.3. The van der Waals surface area contributed by atoms with Gasteiger partial charge in [-0.2, -0.15) is 0 Å². The van der Waals surface area contributed by atoms with Crippen molar-refractivity contribution in [2.45, 2.75) is 39.2 Å². The smallest absolute Gasteiger partial charge is 0.306 e. The van der Waals surface area contributed by atoms with Gasteiger partial charge in [0.05, 0.1) is 17.7 Å². The van der Waals surface area contributed by atoms with Gasteiger partial charge in [0.25, 0.3) is 0 Å². The van der Waals surface area contributed by atoms with Crippen molar-refractivity contribution < 1.29 is 19.4 Å². The lowest BCUT2D eigenvalue weighted by Crippen LogP contribution is -2.37. The quantitative estimate of drug-likeness (QED) is 0.587. The van der Waals surface area contributed by atoms with Gasteiger partial charge in [-0.25, -0.2) is 0 Å². The number of ketones is 1. The minimum atomic E-state index is -0.718. The number of anilines is 1. The second-order valence-electron chi connectivity index (χ2n) is 6.55. The summed E-state index contributed by atoms with van der Waals surface area (Å²) in [6.07, 6.45) is 1.74. The molecule has 2 rings (SSSR count). The fourth-order valence-corrected chi connectivity index (χ4v) is 2.89. The fraction of sp³-hybridized carbons (Fsp3) is 0.556. The average Bonchev–Trinajstić information content (AvgIpc) is 2.54. The Labute approximate surface area is 142 Å². The number of carboxylic acids is 1. The first-order valence-corrected chi connectivity index (χ1v) is 8.41. The third-order valence-electron chi connectivity index (χ3n) is 4.29. The molecule has 1 aliphatic heterocycles. The van der Waals surface area contributed by atoms with Crippen molar-refractivity contribution >= 4 is 17.4 Å². The van der Waals surface area contributed by atoms with Gasteiger partial charge < -0.3 is 20.5 Å². The lowest BCUT2D eigenvalue weighted by molar-refractivity contribution is -0.143. The van der Waals surface area contributed by atoms with Gasteiger partial charge in [0, 0.05) is 18.5 Å². The highest BCUT2D eigenvalue weighted by atomic mass is 16.5. The standard InChI is InChI=1S/C18H26N2O4/c1-12(2)24-17-4-3-14(11-15(17)19)16(21)7-10-20-8-5-13(6-9-20)18(22)23/h3-4,11-13H,5-10,19H2,1-2H3,(H,22,23). The summed E-state index contributed by atoms with van der Waals surface area (Å²) in [6.45, 7) is 5.95. The monoisotopic (exact) mass is 334 g/mol. The van der Waals surface area contributed by atoms with Gasteiger partial charge in [-0.3, -0.25) is 9.59 Å². The van der Waals surface area contributed by atoms with Crippen molar-refractivity contribution in [3.63, 3.8) is 0 Å². The van der Waals surface area contributed by atoms with Crippen LogP contribution in [0.5, 0.6) is 5.75 Å². The van der Waals surface area contributed by atoms with E-state index in [1.165, 1.54) is 0 Å². The van der Waals surface area contributed by atoms with Crippen molar-refractivity contribution in [1.82, 2.24) is 4.90 Å². The van der Waals surface area contributed by atoms with Crippen molar-refractivity contribution in [3.8, 4) is 5.75 Å². The Bertz CT molecular complexity index is 593. The highest BCUT2D eigenvalue weighted by Crippen LogP contribution is 2.24. The molecule has 1 aliphatic rings. The van der Waals surface area contributed by atoms with Crippen LogP contribution in [0.2, 0.25) is 0 Å². The van der Waals surface area contributed by atoms with Gasteiger partial charge in [0.15, 0.2) is 5.78 Å². The molecular formula is C18H26N2O4. The highest BCUT2D eigenvalue weighted by molar-refractivity contribution is 5.97. The summed E-state index contributed by atoms with van der Waals surface area (Å²) in [6, 6.07) is 5.14. The Kier molecular flexibility index (Phi) is 6.20. The normalized spacial score (nSPS) is 16.3. The number of ether oxygens (including phenoxy) is 1. The van der Waals surface area contributed by atoms with Crippen LogP contribution in [0.15, 0.2) is 18.2 Å². The Morgan fingerprint density at radius 3 is 2.54 bits per heavy atom. The summed E-state index contributed by atoms with van der Waals surface area (Å²) in [4.78, 5) is 25.4. The van der Waals surface area contributed by atoms with E-state index in [0.717, 1.165) is 13.1 Å². The number of piperidine rings is 1. The minimum Gasteiger partial charge on any atom is -0.489 e. The topological polar surface area (TPSA) is 92.9 Å². The summed E-state index contributed by atoms with van der Waals surface area (Å²) < 4.78 is 5.57. The fourth-order valence-electron chi connectivity index (χ4n) is 2.89. The van der Waals surface area contributed by atoms with Crippen molar-refractivity contribution in [3.05, 3.63) is 23.8 Å². The van der Waals surface area contributed by atoms with Crippen LogP contribution < -0.4 is 10.5 Å². The molecule has 1 heterocycles. The summed E-state index contributed by atoms with van der Waals surface area (Å²) in [5.41, 5.74) is 7.00. The van der Waals surface area contributed by atoms with Gasteiger partial charge in [0.2, 0.25) is 0 Å². The third-order valence-corrected chi connectivity index (χ3v) is 4.29. The van der Waals surface area contributed by atoms with Crippen molar-refractivity contribution in [2.24, 2.45) is 5.92 Å². The molecule has 1 aromatic carbocycles. The summed E-state index contributed by atoms with van der Waals surface area (Å²) in [5, 5.41) is 9.00. The number of Topliss-reactive ketones (excluding diaryl/α,β-unsaturated/α-hetero) is 1. The van der Waals surface area contributed by atoms with E-state index in [9.17, 15) is 9.59 Å². The zero-order chi connectivity index (χ0) is 17.7. The molecule has 24 heavy (non-hydrogen) atoms. The SMILES string of the molecule is CC(C)Oc1ccc(C(=O)CCN2CCC(C(=O)O)CC2)cc1N. The van der Waals surface area contributed by atoms with Crippen LogP contribution in [0.25, 0.3) is 0 Å². The van der Waals surface area contributed by atoms with E-state index in [1.807, 2.05) is 13.8 Å². The molecule has 1 fully saturated rings. The first-order valence-electron chi connectivity index (χ1n) is 8.41. The molecule has 6 nitrogen and oxygen atoms in total. The Hall–Kier alpha value is -2.08. The molecule has 0 bridgehead atoms. The van der Waals surface area contributed by atoms with E-state index in [-0.39, 0.29) is 17.8 Å². The van der Waals surface area contributed by atoms with E-state index < -0.39 is 5.97 Å². The van der Waals surface area contributed by atoms with E-state index >= 15 is 0 Å². The van der Waals surface area contributed by atoms with Crippen LogP contribution in [-0.2, 0) is 4.79 Å². The number of carboxylic acid groups (broad SMARTS) is 1. The molecule has 0 amide bonds. The van der Waals surface area contributed by atoms with Crippen LogP contribution in [0.3, 0.4) is 0 Å². The molecule has 0 radical (unpaired) electrons. The molecule has 1 saturated heterocycles. The molecule has 0 saturated carbocycles. The number of hydrogen-bond donors (Lipinski definition) is 2. The van der Waals surface area contributed by atoms with Gasteiger partial charge in [0.1, 0.15) is 5.75 Å². The number of likely N-dealkylation sites (tertiary alicyclic amines) is 1. The maximum atomic E-state index is 12.3. The first-order chi connectivity index (χ1) is 11.4. The van der Waals surface area contributed by atoms with E-state index in [0.29, 0.717) is 42.8 Å². The zero-order valence-corrected chi connectivity index (χ0v) is 14.3. The van der Waals surface area contributed by atoms with Crippen LogP contribution in [0, 0.1) is 5.92 Å². The molecule has 0 aliphatic carbocycles. The van der Waals surface area contributed by atoms with Crippen LogP contribution in [0.4, 0.5) is 5.69 Å². The Morgan fingerprint density at radius 1 is 1.33 bits per heavy atom. The number of hydrogen-bond acceptors (Lipinski definition) is 5.